The molecule has 0 aliphatic carbocycles. The van der Waals surface area contributed by atoms with Crippen molar-refractivity contribution in [3.63, 3.8) is 0 Å². The number of benzene rings is 2. The second kappa shape index (κ2) is 18.5. The highest BCUT2D eigenvalue weighted by Gasteiger charge is 2.47. The molecule has 330 valence electrons. The molecule has 0 saturated carbocycles. The molecule has 4 N–H and O–H groups in total. The molecule has 4 aliphatic rings. The molecular weight excluding hydrogens is 797 g/mol. The molecule has 0 unspecified atom stereocenters. The number of fused-ring (bicyclic) bond motifs is 3. The van der Waals surface area contributed by atoms with Gasteiger partial charge in [0, 0.05) is 51.9 Å². The number of nitrogens with zero attached hydrogens (tertiary/aromatic N) is 4. The highest BCUT2D eigenvalue weighted by molar-refractivity contribution is 5.98. The lowest BCUT2D eigenvalue weighted by Crippen LogP contribution is -2.63. The van der Waals surface area contributed by atoms with Crippen LogP contribution in [-0.2, 0) is 57.6 Å². The fraction of sp³-hybridized carbons (Fsp3) is 0.558. The van der Waals surface area contributed by atoms with Crippen molar-refractivity contribution in [2.45, 2.75) is 115 Å². The second-order valence-corrected chi connectivity index (χ2v) is 16.9. The van der Waals surface area contributed by atoms with E-state index in [1.54, 1.807) is 6.07 Å². The van der Waals surface area contributed by atoms with Gasteiger partial charge >= 0.3 is 5.97 Å². The Kier molecular flexibility index (Phi) is 13.6. The number of rotatable bonds is 8. The predicted molar refractivity (Wildman–Crippen MR) is 216 cm³/mol. The fourth-order valence-electron chi connectivity index (χ4n) is 8.98. The Morgan fingerprint density at radius 1 is 0.918 bits per heavy atom. The Hall–Kier alpha value is -5.65. The number of amides is 6. The summed E-state index contributed by atoms with van der Waals surface area (Å²) >= 11 is 0. The number of esters is 1. The molecule has 3 saturated heterocycles. The highest BCUT2D eigenvalue weighted by Crippen LogP contribution is 2.29. The summed E-state index contributed by atoms with van der Waals surface area (Å²) in [7, 11) is 3.27. The van der Waals surface area contributed by atoms with Gasteiger partial charge in [-0.15, -0.1) is 0 Å². The number of anilines is 1. The van der Waals surface area contributed by atoms with E-state index >= 15 is 0 Å². The number of ether oxygens (including phenoxy) is 1. The number of halogens is 2. The summed E-state index contributed by atoms with van der Waals surface area (Å²) in [4.78, 5) is 104. The van der Waals surface area contributed by atoms with Crippen molar-refractivity contribution in [1.82, 2.24) is 30.7 Å². The third kappa shape index (κ3) is 9.95. The Balaban J connectivity index is 1.33. The number of aliphatic hydroxyl groups is 1. The van der Waals surface area contributed by atoms with Crippen LogP contribution in [0.1, 0.15) is 63.6 Å². The maximum Gasteiger partial charge on any atom is 0.329 e. The van der Waals surface area contributed by atoms with E-state index in [-0.39, 0.29) is 43.8 Å². The molecule has 2 aromatic rings. The molecule has 6 amide bonds. The summed E-state index contributed by atoms with van der Waals surface area (Å²) in [6.07, 6.45) is -1.85. The lowest BCUT2D eigenvalue weighted by Gasteiger charge is -2.37. The molecule has 0 spiro atoms. The maximum atomic E-state index is 14.7. The Morgan fingerprint density at radius 2 is 1.62 bits per heavy atom. The first-order valence-electron chi connectivity index (χ1n) is 20.8. The van der Waals surface area contributed by atoms with Gasteiger partial charge in [-0.05, 0) is 87.3 Å². The molecule has 0 radical (unpaired) electrons. The zero-order valence-corrected chi connectivity index (χ0v) is 35.3. The minimum absolute atomic E-state index is 0.0293. The molecule has 3 fully saturated rings. The summed E-state index contributed by atoms with van der Waals surface area (Å²) in [5.41, 5.74) is 2.80. The average molecular weight is 852 g/mol. The third-order valence-corrected chi connectivity index (χ3v) is 12.1. The van der Waals surface area contributed by atoms with Crippen LogP contribution in [0.4, 0.5) is 14.5 Å². The topological polar surface area (TPSA) is 198 Å². The van der Waals surface area contributed by atoms with Crippen LogP contribution in [0.2, 0.25) is 0 Å². The minimum atomic E-state index is -1.67. The van der Waals surface area contributed by atoms with Crippen molar-refractivity contribution < 1.29 is 52.2 Å². The number of carbonyl (C=O) groups excluding carboxylic acids is 7. The van der Waals surface area contributed by atoms with Crippen molar-refractivity contribution >= 4 is 47.1 Å². The molecule has 2 aromatic carbocycles. The van der Waals surface area contributed by atoms with Crippen molar-refractivity contribution in [3.8, 4) is 0 Å². The third-order valence-electron chi connectivity index (χ3n) is 12.1. The molecule has 18 heteroatoms. The van der Waals surface area contributed by atoms with Crippen LogP contribution in [0, 0.1) is 17.6 Å². The first-order valence-corrected chi connectivity index (χ1v) is 20.8. The quantitative estimate of drug-likeness (QED) is 0.273. The standard InChI is InChI=1S/C43H55F2N7O9/c1-22-14-34-43(60)61-25(4)36(42(59)51-12-7-8-33(51)41(58)50(6)37(24(3)53)39(56)46-23(2)40(57)52(34)21-22)48-38(55)31(18-27-16-29(44)20-30(45)17-27)47-35(54)19-26-9-10-32-28(15-26)11-13-49(32)5/h9-10,15-17,20,22-25,31,33-34,36-37,53H,7-8,11-14,18-19,21H2,1-6H3,(H,46,56)(H,47,54)(H,48,55)/t22-,23+,24+,25+,31+,33+,34+,36+,37+/m1/s1. The zero-order valence-electron chi connectivity index (χ0n) is 35.3. The normalized spacial score (nSPS) is 27.2. The van der Waals surface area contributed by atoms with Crippen LogP contribution in [0.15, 0.2) is 36.4 Å². The molecule has 16 nitrogen and oxygen atoms in total. The summed E-state index contributed by atoms with van der Waals surface area (Å²) < 4.78 is 34.7. The molecule has 9 atom stereocenters. The number of aliphatic hydroxyl groups excluding tert-OH is 1. The van der Waals surface area contributed by atoms with Gasteiger partial charge in [0.05, 0.1) is 12.5 Å². The van der Waals surface area contributed by atoms with E-state index in [9.17, 15) is 47.4 Å². The Bertz CT molecular complexity index is 2050. The molecule has 0 aromatic heterocycles. The van der Waals surface area contributed by atoms with E-state index in [0.717, 1.165) is 41.2 Å². The summed E-state index contributed by atoms with van der Waals surface area (Å²) in [5, 5.41) is 18.6. The largest absolute Gasteiger partial charge is 0.458 e. The van der Waals surface area contributed by atoms with Crippen molar-refractivity contribution in [2.75, 3.05) is 38.6 Å². The van der Waals surface area contributed by atoms with Gasteiger partial charge in [0.1, 0.15) is 54.0 Å². The van der Waals surface area contributed by atoms with Crippen molar-refractivity contribution in [1.29, 1.82) is 0 Å². The SMILES string of the molecule is C[C@@H]1C[C@H]2C(=O)O[C@@H](C)[C@H](NC(=O)[C@H](Cc3cc(F)cc(F)c3)NC(=O)Cc3ccc4c(c3)CCN4C)C(=O)N3CCC[C@H]3C(=O)N(C)[C@@H]([C@H](C)O)C(=O)N[C@@H](C)C(=O)N2C1. The predicted octanol–water partition coefficient (Wildman–Crippen LogP) is 0.598. The molecular formula is C43H55F2N7O9. The number of carbonyl (C=O) groups is 7. The maximum absolute atomic E-state index is 14.7. The van der Waals surface area contributed by atoms with Gasteiger partial charge in [0.15, 0.2) is 0 Å². The van der Waals surface area contributed by atoms with Gasteiger partial charge in [-0.2, -0.15) is 0 Å². The lowest BCUT2D eigenvalue weighted by atomic mass is 10.0. The van der Waals surface area contributed by atoms with Gasteiger partial charge in [-0.1, -0.05) is 19.1 Å². The first kappa shape index (κ1) is 44.9. The number of hydrogen-bond acceptors (Lipinski definition) is 10. The lowest BCUT2D eigenvalue weighted by molar-refractivity contribution is -0.163. The first-order chi connectivity index (χ1) is 28.8. The van der Waals surface area contributed by atoms with E-state index in [4.69, 9.17) is 4.74 Å². The van der Waals surface area contributed by atoms with Crippen molar-refractivity contribution in [2.24, 2.45) is 5.92 Å². The number of likely N-dealkylation sites (N-methyl/N-ethyl adjacent to an activating group) is 2. The summed E-state index contributed by atoms with van der Waals surface area (Å²) in [5.74, 6) is -7.36. The summed E-state index contributed by atoms with van der Waals surface area (Å²) in [6.45, 7) is 6.96. The van der Waals surface area contributed by atoms with Crippen LogP contribution in [0.3, 0.4) is 0 Å². The average Bonchev–Trinajstić information content (AvgIpc) is 3.93. The minimum Gasteiger partial charge on any atom is -0.458 e. The Morgan fingerprint density at radius 3 is 2.31 bits per heavy atom. The molecule has 4 heterocycles. The highest BCUT2D eigenvalue weighted by atomic mass is 19.1. The monoisotopic (exact) mass is 851 g/mol. The Labute approximate surface area is 353 Å². The van der Waals surface area contributed by atoms with Gasteiger partial charge in [0.25, 0.3) is 0 Å². The number of hydrogen-bond donors (Lipinski definition) is 4. The second-order valence-electron chi connectivity index (χ2n) is 16.9. The van der Waals surface area contributed by atoms with Crippen LogP contribution >= 0.6 is 0 Å². The van der Waals surface area contributed by atoms with Gasteiger partial charge < -0.3 is 45.4 Å². The van der Waals surface area contributed by atoms with Gasteiger partial charge in [-0.3, -0.25) is 28.8 Å². The van der Waals surface area contributed by atoms with E-state index in [2.05, 4.69) is 20.9 Å². The summed E-state index contributed by atoms with van der Waals surface area (Å²) in [6, 6.07) is 0.240. The van der Waals surface area contributed by atoms with E-state index in [0.29, 0.717) is 18.1 Å². The number of nitrogens with one attached hydrogen (secondary N) is 3. The zero-order chi connectivity index (χ0) is 44.4. The van der Waals surface area contributed by atoms with Crippen LogP contribution in [0.5, 0.6) is 0 Å². The van der Waals surface area contributed by atoms with Crippen LogP contribution < -0.4 is 20.9 Å². The molecule has 4 aliphatic heterocycles. The van der Waals surface area contributed by atoms with Crippen LogP contribution in [-0.4, -0.2) is 143 Å². The number of cyclic esters (lactones) is 1. The molecule has 0 bridgehead atoms. The smallest absolute Gasteiger partial charge is 0.329 e. The van der Waals surface area contributed by atoms with Gasteiger partial charge in [-0.25, -0.2) is 13.6 Å². The van der Waals surface area contributed by atoms with Crippen LogP contribution in [0.25, 0.3) is 0 Å². The fourth-order valence-corrected chi connectivity index (χ4v) is 8.98. The van der Waals surface area contributed by atoms with Gasteiger partial charge in [0.2, 0.25) is 35.4 Å². The van der Waals surface area contributed by atoms with E-state index in [1.807, 2.05) is 26.1 Å². The van der Waals surface area contributed by atoms with E-state index in [1.165, 1.54) is 37.6 Å². The molecule has 6 rings (SSSR count). The van der Waals surface area contributed by atoms with Crippen molar-refractivity contribution in [3.05, 3.63) is 64.7 Å². The molecule has 61 heavy (non-hydrogen) atoms. The van der Waals surface area contributed by atoms with E-state index < -0.39 is 108 Å².